The van der Waals surface area contributed by atoms with Gasteiger partial charge in [-0.1, -0.05) is 218 Å². The molecule has 0 radical (unpaired) electrons. The molecule has 0 aliphatic heterocycles. The van der Waals surface area contributed by atoms with E-state index < -0.39 is 0 Å². The highest BCUT2D eigenvalue weighted by Gasteiger charge is 2.20. The molecule has 0 fully saturated rings. The normalized spacial score (nSPS) is 11.1. The van der Waals surface area contributed by atoms with Gasteiger partial charge < -0.3 is 4.90 Å². The zero-order chi connectivity index (χ0) is 39.4. The number of anilines is 3. The van der Waals surface area contributed by atoms with Gasteiger partial charge in [0.15, 0.2) is 0 Å². The molecule has 0 aromatic heterocycles. The number of hydrogen-bond donors (Lipinski definition) is 0. The first kappa shape index (κ1) is 35.7. The van der Waals surface area contributed by atoms with Crippen LogP contribution in [-0.4, -0.2) is 0 Å². The minimum Gasteiger partial charge on any atom is -0.310 e. The molecule has 59 heavy (non-hydrogen) atoms. The van der Waals surface area contributed by atoms with Crippen LogP contribution in [0, 0.1) is 0 Å². The molecule has 10 aromatic rings. The van der Waals surface area contributed by atoms with Gasteiger partial charge in [-0.3, -0.25) is 0 Å². The molecule has 1 nitrogen and oxygen atoms in total. The van der Waals surface area contributed by atoms with Crippen molar-refractivity contribution < 1.29 is 0 Å². The molecule has 0 unspecified atom stereocenters. The van der Waals surface area contributed by atoms with Crippen LogP contribution in [0.5, 0.6) is 0 Å². The lowest BCUT2D eigenvalue weighted by Crippen LogP contribution is -2.11. The Bertz CT molecular complexity index is 2840. The van der Waals surface area contributed by atoms with Crippen LogP contribution < -0.4 is 4.90 Å². The van der Waals surface area contributed by atoms with E-state index in [-0.39, 0.29) is 0 Å². The van der Waals surface area contributed by atoms with Crippen molar-refractivity contribution in [2.45, 2.75) is 0 Å². The molecular weight excluding hydrogens is 711 g/mol. The van der Waals surface area contributed by atoms with E-state index in [2.05, 4.69) is 254 Å². The summed E-state index contributed by atoms with van der Waals surface area (Å²) in [7, 11) is 0. The highest BCUT2D eigenvalue weighted by Crippen LogP contribution is 2.44. The molecule has 0 N–H and O–H groups in total. The first-order chi connectivity index (χ1) is 29.2. The summed E-state index contributed by atoms with van der Waals surface area (Å²) in [5.41, 5.74) is 17.6. The SMILES string of the molecule is c1ccc(-c2ccc(-c3ccc(N(c4ccc(-c5ccc(-c6ccccc6)cc5)cc4)c4cc(-c5cccc6ccccc56)ccc4-c4ccccc4)cc3)cc2)cc1. The van der Waals surface area contributed by atoms with Crippen LogP contribution in [0.1, 0.15) is 0 Å². The van der Waals surface area contributed by atoms with E-state index in [9.17, 15) is 0 Å². The third kappa shape index (κ3) is 7.34. The van der Waals surface area contributed by atoms with Gasteiger partial charge >= 0.3 is 0 Å². The van der Waals surface area contributed by atoms with Crippen LogP contribution in [0.2, 0.25) is 0 Å². The smallest absolute Gasteiger partial charge is 0.0546 e. The van der Waals surface area contributed by atoms with Crippen LogP contribution in [-0.2, 0) is 0 Å². The molecule has 0 spiro atoms. The quantitative estimate of drug-likeness (QED) is 0.142. The Morgan fingerprint density at radius 1 is 0.220 bits per heavy atom. The van der Waals surface area contributed by atoms with Gasteiger partial charge in [0.05, 0.1) is 5.69 Å². The van der Waals surface area contributed by atoms with Gasteiger partial charge in [0.1, 0.15) is 0 Å². The van der Waals surface area contributed by atoms with Crippen molar-refractivity contribution in [3.05, 3.63) is 249 Å². The highest BCUT2D eigenvalue weighted by molar-refractivity contribution is 5.99. The Morgan fingerprint density at radius 2 is 0.576 bits per heavy atom. The first-order valence-electron chi connectivity index (χ1n) is 20.2. The third-order valence-corrected chi connectivity index (χ3v) is 11.3. The molecule has 0 aliphatic rings. The van der Waals surface area contributed by atoms with Crippen LogP contribution in [0.4, 0.5) is 17.1 Å². The van der Waals surface area contributed by atoms with Gasteiger partial charge in [0, 0.05) is 16.9 Å². The number of nitrogens with zero attached hydrogens (tertiary/aromatic N) is 1. The molecule has 1 heteroatoms. The predicted octanol–water partition coefficient (Wildman–Crippen LogP) is 16.3. The van der Waals surface area contributed by atoms with E-state index in [0.29, 0.717) is 0 Å². The molecule has 10 rings (SSSR count). The second-order valence-corrected chi connectivity index (χ2v) is 14.9. The first-order valence-corrected chi connectivity index (χ1v) is 20.2. The van der Waals surface area contributed by atoms with E-state index in [1.807, 2.05) is 0 Å². The van der Waals surface area contributed by atoms with E-state index in [1.54, 1.807) is 0 Å². The summed E-state index contributed by atoms with van der Waals surface area (Å²) >= 11 is 0. The van der Waals surface area contributed by atoms with Gasteiger partial charge in [-0.15, -0.1) is 0 Å². The number of rotatable bonds is 9. The lowest BCUT2D eigenvalue weighted by Gasteiger charge is -2.29. The summed E-state index contributed by atoms with van der Waals surface area (Å²) in [6.07, 6.45) is 0. The van der Waals surface area contributed by atoms with Gasteiger partial charge in [-0.2, -0.15) is 0 Å². The lowest BCUT2D eigenvalue weighted by molar-refractivity contribution is 1.28. The summed E-state index contributed by atoms with van der Waals surface area (Å²) < 4.78 is 0. The molecule has 0 heterocycles. The summed E-state index contributed by atoms with van der Waals surface area (Å²) in [4.78, 5) is 2.42. The molecule has 0 atom stereocenters. The van der Waals surface area contributed by atoms with Crippen molar-refractivity contribution >= 4 is 27.8 Å². The second kappa shape index (κ2) is 16.0. The molecule has 0 amide bonds. The Hall–Kier alpha value is -7.74. The minimum absolute atomic E-state index is 1.09. The van der Waals surface area contributed by atoms with Crippen molar-refractivity contribution in [3.8, 4) is 66.8 Å². The fourth-order valence-electron chi connectivity index (χ4n) is 8.23. The monoisotopic (exact) mass is 751 g/mol. The zero-order valence-corrected chi connectivity index (χ0v) is 32.6. The maximum atomic E-state index is 2.42. The van der Waals surface area contributed by atoms with E-state index >= 15 is 0 Å². The summed E-state index contributed by atoms with van der Waals surface area (Å²) in [5.74, 6) is 0. The average Bonchev–Trinajstić information content (AvgIpc) is 3.33. The largest absolute Gasteiger partial charge is 0.310 e. The number of fused-ring (bicyclic) bond motifs is 1. The highest BCUT2D eigenvalue weighted by atomic mass is 15.1. The molecule has 0 saturated heterocycles. The summed E-state index contributed by atoms with van der Waals surface area (Å²) in [5, 5.41) is 2.47. The number of benzene rings is 10. The topological polar surface area (TPSA) is 3.24 Å². The standard InChI is InChI=1S/C58H41N/c1-4-13-42(14-5-1)44-23-27-46(28-24-44)48-31-36-53(37-32-48)59(54-38-33-49(34-39-54)47-29-25-45(26-30-47)43-15-6-2-7-16-43)58-41-52(35-40-57(58)51-17-8-3-9-18-51)56-22-12-20-50-19-10-11-21-55(50)56/h1-41H. The Kier molecular flexibility index (Phi) is 9.68. The fraction of sp³-hybridized carbons (Fsp3) is 0. The maximum absolute atomic E-state index is 2.42. The molecular formula is C58H41N. The molecule has 0 aliphatic carbocycles. The van der Waals surface area contributed by atoms with Crippen LogP contribution in [0.3, 0.4) is 0 Å². The predicted molar refractivity (Wildman–Crippen MR) is 251 cm³/mol. The fourth-order valence-corrected chi connectivity index (χ4v) is 8.23. The van der Waals surface area contributed by atoms with Gasteiger partial charge in [-0.25, -0.2) is 0 Å². The van der Waals surface area contributed by atoms with Gasteiger partial charge in [0.25, 0.3) is 0 Å². The number of hydrogen-bond acceptors (Lipinski definition) is 1. The summed E-state index contributed by atoms with van der Waals surface area (Å²) in [6.45, 7) is 0. The Morgan fingerprint density at radius 3 is 1.05 bits per heavy atom. The molecule has 278 valence electrons. The van der Waals surface area contributed by atoms with Crippen molar-refractivity contribution in [2.24, 2.45) is 0 Å². The average molecular weight is 752 g/mol. The third-order valence-electron chi connectivity index (χ3n) is 11.3. The van der Waals surface area contributed by atoms with E-state index in [1.165, 1.54) is 72.0 Å². The van der Waals surface area contributed by atoms with Crippen molar-refractivity contribution in [3.63, 3.8) is 0 Å². The minimum atomic E-state index is 1.09. The van der Waals surface area contributed by atoms with Gasteiger partial charge in [-0.05, 0) is 102 Å². The van der Waals surface area contributed by atoms with Crippen LogP contribution in [0.15, 0.2) is 249 Å². The van der Waals surface area contributed by atoms with Crippen molar-refractivity contribution in [2.75, 3.05) is 4.90 Å². The lowest BCUT2D eigenvalue weighted by atomic mass is 9.94. The zero-order valence-electron chi connectivity index (χ0n) is 32.6. The summed E-state index contributed by atoms with van der Waals surface area (Å²) in [6, 6.07) is 89.8. The van der Waals surface area contributed by atoms with E-state index in [4.69, 9.17) is 0 Å². The van der Waals surface area contributed by atoms with E-state index in [0.717, 1.165) is 22.6 Å². The van der Waals surface area contributed by atoms with Crippen LogP contribution in [0.25, 0.3) is 77.5 Å². The van der Waals surface area contributed by atoms with Gasteiger partial charge in [0.2, 0.25) is 0 Å². The van der Waals surface area contributed by atoms with Crippen molar-refractivity contribution in [1.82, 2.24) is 0 Å². The Balaban J connectivity index is 1.09. The van der Waals surface area contributed by atoms with Crippen LogP contribution >= 0.6 is 0 Å². The maximum Gasteiger partial charge on any atom is 0.0546 e. The molecule has 10 aromatic carbocycles. The van der Waals surface area contributed by atoms with Crippen molar-refractivity contribution in [1.29, 1.82) is 0 Å². The second-order valence-electron chi connectivity index (χ2n) is 14.9. The Labute approximate surface area is 346 Å². The molecule has 0 bridgehead atoms. The molecule has 0 saturated carbocycles.